The Morgan fingerprint density at radius 3 is 2.67 bits per heavy atom. The molecule has 2 aromatic rings. The number of aromatic amines is 1. The SMILES string of the molecule is Cc1ccc(/C=C/c2ncc[nH]2)cc1C. The predicted octanol–water partition coefficient (Wildman–Crippen LogP) is 3.20. The van der Waals surface area contributed by atoms with E-state index in [2.05, 4.69) is 48.1 Å². The van der Waals surface area contributed by atoms with Crippen LogP contribution in [-0.2, 0) is 0 Å². The first-order valence-corrected chi connectivity index (χ1v) is 5.00. The fraction of sp³-hybridized carbons (Fsp3) is 0.154. The molecule has 0 saturated heterocycles. The number of benzene rings is 1. The average Bonchev–Trinajstić information content (AvgIpc) is 2.73. The van der Waals surface area contributed by atoms with E-state index in [0.717, 1.165) is 5.82 Å². The van der Waals surface area contributed by atoms with Crippen LogP contribution in [0, 0.1) is 13.8 Å². The second-order valence-corrected chi connectivity index (χ2v) is 3.65. The minimum absolute atomic E-state index is 0.883. The van der Waals surface area contributed by atoms with Crippen molar-refractivity contribution in [3.05, 3.63) is 53.1 Å². The second kappa shape index (κ2) is 4.13. The minimum Gasteiger partial charge on any atom is -0.345 e. The summed E-state index contributed by atoms with van der Waals surface area (Å²) in [7, 11) is 0. The highest BCUT2D eigenvalue weighted by Crippen LogP contribution is 2.11. The highest BCUT2D eigenvalue weighted by Gasteiger charge is 1.93. The number of aryl methyl sites for hydroxylation is 2. The maximum Gasteiger partial charge on any atom is 0.129 e. The van der Waals surface area contributed by atoms with Crippen molar-refractivity contribution in [1.29, 1.82) is 0 Å². The summed E-state index contributed by atoms with van der Waals surface area (Å²) in [6.07, 6.45) is 7.61. The number of imidazole rings is 1. The molecule has 0 unspecified atom stereocenters. The molecule has 0 aliphatic heterocycles. The third-order valence-electron chi connectivity index (χ3n) is 2.48. The maximum atomic E-state index is 4.13. The van der Waals surface area contributed by atoms with Gasteiger partial charge in [-0.2, -0.15) is 0 Å². The molecule has 0 atom stereocenters. The molecule has 2 nitrogen and oxygen atoms in total. The highest BCUT2D eigenvalue weighted by molar-refractivity contribution is 5.67. The van der Waals surface area contributed by atoms with E-state index in [-0.39, 0.29) is 0 Å². The first-order chi connectivity index (χ1) is 7.25. The van der Waals surface area contributed by atoms with Crippen LogP contribution < -0.4 is 0 Å². The van der Waals surface area contributed by atoms with Gasteiger partial charge in [-0.25, -0.2) is 4.98 Å². The summed E-state index contributed by atoms with van der Waals surface area (Å²) in [5.74, 6) is 0.883. The smallest absolute Gasteiger partial charge is 0.129 e. The van der Waals surface area contributed by atoms with Gasteiger partial charge in [-0.05, 0) is 36.6 Å². The van der Waals surface area contributed by atoms with Crippen molar-refractivity contribution < 1.29 is 0 Å². The van der Waals surface area contributed by atoms with Crippen molar-refractivity contribution in [2.45, 2.75) is 13.8 Å². The van der Waals surface area contributed by atoms with Crippen molar-refractivity contribution in [3.8, 4) is 0 Å². The fourth-order valence-corrected chi connectivity index (χ4v) is 1.41. The van der Waals surface area contributed by atoms with Gasteiger partial charge in [0.15, 0.2) is 0 Å². The summed E-state index contributed by atoms with van der Waals surface area (Å²) in [5.41, 5.74) is 3.84. The van der Waals surface area contributed by atoms with Gasteiger partial charge in [-0.1, -0.05) is 24.3 Å². The molecular weight excluding hydrogens is 184 g/mol. The van der Waals surface area contributed by atoms with Gasteiger partial charge in [0.2, 0.25) is 0 Å². The van der Waals surface area contributed by atoms with Gasteiger partial charge in [0.25, 0.3) is 0 Å². The Morgan fingerprint density at radius 1 is 1.13 bits per heavy atom. The summed E-state index contributed by atoms with van der Waals surface area (Å²) < 4.78 is 0. The van der Waals surface area contributed by atoms with Gasteiger partial charge in [-0.15, -0.1) is 0 Å². The lowest BCUT2D eigenvalue weighted by Gasteiger charge is -2.00. The number of hydrogen-bond donors (Lipinski definition) is 1. The Hall–Kier alpha value is -1.83. The minimum atomic E-state index is 0.883. The topological polar surface area (TPSA) is 28.7 Å². The van der Waals surface area contributed by atoms with E-state index in [1.165, 1.54) is 16.7 Å². The van der Waals surface area contributed by atoms with Crippen LogP contribution in [0.2, 0.25) is 0 Å². The molecule has 1 aromatic carbocycles. The van der Waals surface area contributed by atoms with Crippen LogP contribution in [0.4, 0.5) is 0 Å². The number of rotatable bonds is 2. The summed E-state index contributed by atoms with van der Waals surface area (Å²) >= 11 is 0. The lowest BCUT2D eigenvalue weighted by atomic mass is 10.1. The van der Waals surface area contributed by atoms with E-state index in [1.54, 1.807) is 6.20 Å². The van der Waals surface area contributed by atoms with Crippen molar-refractivity contribution in [2.24, 2.45) is 0 Å². The molecule has 0 aliphatic rings. The molecule has 0 aliphatic carbocycles. The van der Waals surface area contributed by atoms with Crippen LogP contribution in [0.1, 0.15) is 22.5 Å². The van der Waals surface area contributed by atoms with E-state index >= 15 is 0 Å². The lowest BCUT2D eigenvalue weighted by Crippen LogP contribution is -1.81. The zero-order valence-corrected chi connectivity index (χ0v) is 8.99. The molecule has 1 aromatic heterocycles. The second-order valence-electron chi connectivity index (χ2n) is 3.65. The van der Waals surface area contributed by atoms with Gasteiger partial charge in [0.05, 0.1) is 0 Å². The summed E-state index contributed by atoms with van der Waals surface area (Å²) in [5, 5.41) is 0. The molecule has 0 spiro atoms. The predicted molar refractivity (Wildman–Crippen MR) is 63.4 cm³/mol. The van der Waals surface area contributed by atoms with Crippen LogP contribution in [0.25, 0.3) is 12.2 Å². The van der Waals surface area contributed by atoms with E-state index in [4.69, 9.17) is 0 Å². The summed E-state index contributed by atoms with van der Waals surface area (Å²) in [4.78, 5) is 7.16. The zero-order chi connectivity index (χ0) is 10.7. The van der Waals surface area contributed by atoms with Crippen molar-refractivity contribution in [2.75, 3.05) is 0 Å². The van der Waals surface area contributed by atoms with Crippen LogP contribution >= 0.6 is 0 Å². The summed E-state index contributed by atoms with van der Waals surface area (Å²) in [6.45, 7) is 4.24. The molecule has 0 amide bonds. The zero-order valence-electron chi connectivity index (χ0n) is 8.99. The van der Waals surface area contributed by atoms with Crippen molar-refractivity contribution in [1.82, 2.24) is 9.97 Å². The lowest BCUT2D eigenvalue weighted by molar-refractivity contribution is 1.27. The van der Waals surface area contributed by atoms with Crippen LogP contribution in [0.15, 0.2) is 30.6 Å². The first-order valence-electron chi connectivity index (χ1n) is 5.00. The van der Waals surface area contributed by atoms with Crippen LogP contribution in [0.5, 0.6) is 0 Å². The molecule has 2 heteroatoms. The van der Waals surface area contributed by atoms with Crippen molar-refractivity contribution in [3.63, 3.8) is 0 Å². The number of H-pyrrole nitrogens is 1. The Morgan fingerprint density at radius 2 is 2.00 bits per heavy atom. The molecule has 0 radical (unpaired) electrons. The molecule has 1 N–H and O–H groups in total. The number of aromatic nitrogens is 2. The fourth-order valence-electron chi connectivity index (χ4n) is 1.41. The maximum absolute atomic E-state index is 4.13. The molecule has 15 heavy (non-hydrogen) atoms. The highest BCUT2D eigenvalue weighted by atomic mass is 14.9. The van der Waals surface area contributed by atoms with Crippen molar-refractivity contribution >= 4 is 12.2 Å². The third-order valence-corrected chi connectivity index (χ3v) is 2.48. The Kier molecular flexibility index (Phi) is 2.68. The average molecular weight is 198 g/mol. The number of hydrogen-bond acceptors (Lipinski definition) is 1. The standard InChI is InChI=1S/C13H14N2/c1-10-3-4-12(9-11(10)2)5-6-13-14-7-8-15-13/h3-9H,1-2H3,(H,14,15)/b6-5+. The largest absolute Gasteiger partial charge is 0.345 e. The molecule has 76 valence electrons. The van der Waals surface area contributed by atoms with Crippen LogP contribution in [-0.4, -0.2) is 9.97 Å². The number of nitrogens with one attached hydrogen (secondary N) is 1. The van der Waals surface area contributed by atoms with Crippen LogP contribution in [0.3, 0.4) is 0 Å². The van der Waals surface area contributed by atoms with Gasteiger partial charge in [0.1, 0.15) is 5.82 Å². The van der Waals surface area contributed by atoms with Gasteiger partial charge >= 0.3 is 0 Å². The van der Waals surface area contributed by atoms with Gasteiger partial charge in [0, 0.05) is 12.4 Å². The molecule has 2 rings (SSSR count). The van der Waals surface area contributed by atoms with E-state index in [0.29, 0.717) is 0 Å². The Labute approximate surface area is 89.7 Å². The summed E-state index contributed by atoms with van der Waals surface area (Å²) in [6, 6.07) is 6.42. The normalized spacial score (nSPS) is 11.1. The molecule has 0 saturated carbocycles. The monoisotopic (exact) mass is 198 g/mol. The number of nitrogens with zero attached hydrogens (tertiary/aromatic N) is 1. The van der Waals surface area contributed by atoms with E-state index in [1.807, 2.05) is 12.3 Å². The third kappa shape index (κ3) is 2.34. The quantitative estimate of drug-likeness (QED) is 0.788. The first kappa shape index (κ1) is 9.71. The van der Waals surface area contributed by atoms with E-state index in [9.17, 15) is 0 Å². The Balaban J connectivity index is 2.21. The molecule has 0 bridgehead atoms. The molecule has 0 fully saturated rings. The van der Waals surface area contributed by atoms with E-state index < -0.39 is 0 Å². The molecule has 1 heterocycles. The van der Waals surface area contributed by atoms with Gasteiger partial charge in [-0.3, -0.25) is 0 Å². The van der Waals surface area contributed by atoms with Gasteiger partial charge < -0.3 is 4.98 Å². The Bertz CT molecular complexity index is 467. The molecular formula is C13H14N2.